The van der Waals surface area contributed by atoms with Crippen molar-refractivity contribution in [1.29, 1.82) is 0 Å². The van der Waals surface area contributed by atoms with Crippen molar-refractivity contribution in [1.82, 2.24) is 4.98 Å². The zero-order chi connectivity index (χ0) is 11.5. The lowest BCUT2D eigenvalue weighted by Gasteiger charge is -2.33. The monoisotopic (exact) mass is 238 g/mol. The Balaban J connectivity index is 2.02. The Morgan fingerprint density at radius 3 is 2.88 bits per heavy atom. The molecule has 0 saturated heterocycles. The Morgan fingerprint density at radius 1 is 1.38 bits per heavy atom. The van der Waals surface area contributed by atoms with Crippen molar-refractivity contribution in [2.24, 2.45) is 11.8 Å². The van der Waals surface area contributed by atoms with Crippen LogP contribution >= 0.6 is 11.6 Å². The highest BCUT2D eigenvalue weighted by Crippen LogP contribution is 2.31. The molecule has 3 heteroatoms. The number of rotatable bonds is 2. The lowest BCUT2D eigenvalue weighted by atomic mass is 9.80. The highest BCUT2D eigenvalue weighted by atomic mass is 35.5. The summed E-state index contributed by atoms with van der Waals surface area (Å²) in [7, 11) is 0. The predicted octanol–water partition coefficient (Wildman–Crippen LogP) is 3.97. The van der Waals surface area contributed by atoms with E-state index < -0.39 is 0 Å². The summed E-state index contributed by atoms with van der Waals surface area (Å²) >= 11 is 6.09. The van der Waals surface area contributed by atoms with Crippen LogP contribution in [0.1, 0.15) is 33.1 Å². The van der Waals surface area contributed by atoms with E-state index in [1.165, 1.54) is 19.3 Å². The van der Waals surface area contributed by atoms with Gasteiger partial charge in [0.15, 0.2) is 0 Å². The van der Waals surface area contributed by atoms with Gasteiger partial charge in [-0.1, -0.05) is 25.4 Å². The summed E-state index contributed by atoms with van der Waals surface area (Å²) in [6.45, 7) is 4.64. The third-order valence-electron chi connectivity index (χ3n) is 3.51. The quantitative estimate of drug-likeness (QED) is 0.843. The number of nitrogens with zero attached hydrogens (tertiary/aromatic N) is 1. The van der Waals surface area contributed by atoms with Crippen molar-refractivity contribution < 1.29 is 0 Å². The number of anilines is 1. The summed E-state index contributed by atoms with van der Waals surface area (Å²) in [6, 6.07) is 4.26. The second-order valence-corrected chi connectivity index (χ2v) is 5.39. The van der Waals surface area contributed by atoms with Gasteiger partial charge in [0.2, 0.25) is 0 Å². The second-order valence-electron chi connectivity index (χ2n) is 4.98. The van der Waals surface area contributed by atoms with E-state index >= 15 is 0 Å². The SMILES string of the molecule is CC1CCC(Nc2ncccc2Cl)C(C)C1. The molecule has 0 radical (unpaired) electrons. The minimum atomic E-state index is 0.517. The number of nitrogens with one attached hydrogen (secondary N) is 1. The van der Waals surface area contributed by atoms with Gasteiger partial charge in [-0.3, -0.25) is 0 Å². The van der Waals surface area contributed by atoms with Crippen LogP contribution in [0.3, 0.4) is 0 Å². The minimum absolute atomic E-state index is 0.517. The lowest BCUT2D eigenvalue weighted by molar-refractivity contribution is 0.276. The molecule has 1 heterocycles. The van der Waals surface area contributed by atoms with Crippen LogP contribution in [0.15, 0.2) is 18.3 Å². The van der Waals surface area contributed by atoms with Crippen LogP contribution < -0.4 is 5.32 Å². The summed E-state index contributed by atoms with van der Waals surface area (Å²) in [5.41, 5.74) is 0. The molecule has 1 N–H and O–H groups in total. The Bertz CT molecular complexity index is 354. The van der Waals surface area contributed by atoms with E-state index in [1.807, 2.05) is 12.1 Å². The van der Waals surface area contributed by atoms with E-state index in [9.17, 15) is 0 Å². The van der Waals surface area contributed by atoms with Gasteiger partial charge in [0.1, 0.15) is 5.82 Å². The first kappa shape index (κ1) is 11.7. The van der Waals surface area contributed by atoms with Gasteiger partial charge in [0.25, 0.3) is 0 Å². The standard InChI is InChI=1S/C13H19ClN2/c1-9-5-6-12(10(2)8-9)16-13-11(14)4-3-7-15-13/h3-4,7,9-10,12H,5-6,8H2,1-2H3,(H,15,16). The zero-order valence-electron chi connectivity index (χ0n) is 9.91. The summed E-state index contributed by atoms with van der Waals surface area (Å²) in [5, 5.41) is 4.19. The molecule has 16 heavy (non-hydrogen) atoms. The molecular weight excluding hydrogens is 220 g/mol. The van der Waals surface area contributed by atoms with E-state index in [-0.39, 0.29) is 0 Å². The molecule has 0 spiro atoms. The van der Waals surface area contributed by atoms with Crippen LogP contribution in [0.25, 0.3) is 0 Å². The molecule has 1 fully saturated rings. The molecule has 88 valence electrons. The fraction of sp³-hybridized carbons (Fsp3) is 0.615. The molecule has 1 aromatic rings. The number of pyridine rings is 1. The van der Waals surface area contributed by atoms with Crippen LogP contribution in [0.2, 0.25) is 5.02 Å². The number of halogens is 1. The number of hydrogen-bond donors (Lipinski definition) is 1. The van der Waals surface area contributed by atoms with E-state index in [0.717, 1.165) is 11.7 Å². The van der Waals surface area contributed by atoms with Gasteiger partial charge in [0, 0.05) is 12.2 Å². The van der Waals surface area contributed by atoms with Crippen molar-refractivity contribution >= 4 is 17.4 Å². The third kappa shape index (κ3) is 2.67. The Morgan fingerprint density at radius 2 is 2.19 bits per heavy atom. The maximum absolute atomic E-state index is 6.09. The average molecular weight is 239 g/mol. The highest BCUT2D eigenvalue weighted by molar-refractivity contribution is 6.32. The lowest BCUT2D eigenvalue weighted by Crippen LogP contribution is -2.33. The third-order valence-corrected chi connectivity index (χ3v) is 3.82. The molecule has 0 amide bonds. The van der Waals surface area contributed by atoms with Gasteiger partial charge in [0.05, 0.1) is 5.02 Å². The zero-order valence-corrected chi connectivity index (χ0v) is 10.7. The molecule has 1 aliphatic rings. The van der Waals surface area contributed by atoms with E-state index in [1.54, 1.807) is 6.20 Å². The summed E-state index contributed by atoms with van der Waals surface area (Å²) in [6.07, 6.45) is 5.59. The predicted molar refractivity (Wildman–Crippen MR) is 68.8 cm³/mol. The Labute approximate surface area is 102 Å². The fourth-order valence-electron chi connectivity index (χ4n) is 2.55. The van der Waals surface area contributed by atoms with Gasteiger partial charge in [-0.05, 0) is 43.2 Å². The molecule has 0 aromatic carbocycles. The molecule has 0 bridgehead atoms. The van der Waals surface area contributed by atoms with Crippen molar-refractivity contribution in [3.8, 4) is 0 Å². The van der Waals surface area contributed by atoms with Gasteiger partial charge >= 0.3 is 0 Å². The molecule has 1 saturated carbocycles. The van der Waals surface area contributed by atoms with Crippen molar-refractivity contribution in [2.75, 3.05) is 5.32 Å². The minimum Gasteiger partial charge on any atom is -0.366 e. The molecule has 2 rings (SSSR count). The van der Waals surface area contributed by atoms with E-state index in [0.29, 0.717) is 17.0 Å². The molecule has 3 unspecified atom stereocenters. The Kier molecular flexibility index (Phi) is 3.70. The largest absolute Gasteiger partial charge is 0.366 e. The maximum atomic E-state index is 6.09. The molecule has 3 atom stereocenters. The molecule has 0 aliphatic heterocycles. The molecule has 2 nitrogen and oxygen atoms in total. The van der Waals surface area contributed by atoms with Crippen LogP contribution in [0.5, 0.6) is 0 Å². The van der Waals surface area contributed by atoms with Crippen molar-refractivity contribution in [2.45, 2.75) is 39.2 Å². The van der Waals surface area contributed by atoms with Crippen LogP contribution in [-0.2, 0) is 0 Å². The van der Waals surface area contributed by atoms with E-state index in [4.69, 9.17) is 11.6 Å². The first-order chi connectivity index (χ1) is 7.66. The topological polar surface area (TPSA) is 24.9 Å². The summed E-state index contributed by atoms with van der Waals surface area (Å²) < 4.78 is 0. The molecular formula is C13H19ClN2. The summed E-state index contributed by atoms with van der Waals surface area (Å²) in [5.74, 6) is 2.38. The first-order valence-corrected chi connectivity index (χ1v) is 6.41. The van der Waals surface area contributed by atoms with Crippen LogP contribution in [0, 0.1) is 11.8 Å². The fourth-order valence-corrected chi connectivity index (χ4v) is 2.72. The van der Waals surface area contributed by atoms with Gasteiger partial charge < -0.3 is 5.32 Å². The Hall–Kier alpha value is -0.760. The van der Waals surface area contributed by atoms with Crippen molar-refractivity contribution in [3.63, 3.8) is 0 Å². The van der Waals surface area contributed by atoms with E-state index in [2.05, 4.69) is 24.1 Å². The first-order valence-electron chi connectivity index (χ1n) is 6.04. The van der Waals surface area contributed by atoms with Gasteiger partial charge in [-0.25, -0.2) is 4.98 Å². The summed E-state index contributed by atoms with van der Waals surface area (Å²) in [4.78, 5) is 4.28. The average Bonchev–Trinajstić information content (AvgIpc) is 2.25. The van der Waals surface area contributed by atoms with Crippen LogP contribution in [0.4, 0.5) is 5.82 Å². The highest BCUT2D eigenvalue weighted by Gasteiger charge is 2.25. The maximum Gasteiger partial charge on any atom is 0.144 e. The van der Waals surface area contributed by atoms with Crippen LogP contribution in [-0.4, -0.2) is 11.0 Å². The van der Waals surface area contributed by atoms with Gasteiger partial charge in [-0.15, -0.1) is 0 Å². The van der Waals surface area contributed by atoms with Gasteiger partial charge in [-0.2, -0.15) is 0 Å². The number of aromatic nitrogens is 1. The molecule has 1 aliphatic carbocycles. The molecule has 1 aromatic heterocycles. The second kappa shape index (κ2) is 5.05. The smallest absolute Gasteiger partial charge is 0.144 e. The normalized spacial score (nSPS) is 30.1. The number of hydrogen-bond acceptors (Lipinski definition) is 2. The van der Waals surface area contributed by atoms with Crippen molar-refractivity contribution in [3.05, 3.63) is 23.4 Å².